The zero-order chi connectivity index (χ0) is 28.6. The second kappa shape index (κ2) is 14.4. The predicted molar refractivity (Wildman–Crippen MR) is 153 cm³/mol. The Morgan fingerprint density at radius 2 is 1.97 bits per heavy atom. The van der Waals surface area contributed by atoms with Gasteiger partial charge in [-0.1, -0.05) is 39.5 Å². The van der Waals surface area contributed by atoms with E-state index in [2.05, 4.69) is 11.8 Å². The molecule has 2 unspecified atom stereocenters. The van der Waals surface area contributed by atoms with Gasteiger partial charge in [-0.3, -0.25) is 4.79 Å². The van der Waals surface area contributed by atoms with E-state index in [1.165, 1.54) is 0 Å². The summed E-state index contributed by atoms with van der Waals surface area (Å²) in [4.78, 5) is 28.8. The molecular formula is C30H45NO7S. The van der Waals surface area contributed by atoms with E-state index in [4.69, 9.17) is 18.9 Å². The van der Waals surface area contributed by atoms with E-state index < -0.39 is 17.7 Å². The lowest BCUT2D eigenvalue weighted by atomic mass is 9.87. The van der Waals surface area contributed by atoms with E-state index in [1.54, 1.807) is 13.2 Å². The molecule has 39 heavy (non-hydrogen) atoms. The van der Waals surface area contributed by atoms with Crippen LogP contribution in [0.15, 0.2) is 24.0 Å². The van der Waals surface area contributed by atoms with Gasteiger partial charge in [0.25, 0.3) is 0 Å². The number of ether oxygens (including phenoxy) is 4. The number of allylic oxidation sites excluding steroid dienone is 1. The van der Waals surface area contributed by atoms with Crippen molar-refractivity contribution in [3.63, 3.8) is 0 Å². The molecule has 3 rings (SSSR count). The van der Waals surface area contributed by atoms with Crippen molar-refractivity contribution in [1.82, 2.24) is 4.90 Å². The van der Waals surface area contributed by atoms with Gasteiger partial charge in [-0.15, -0.1) is 0 Å². The van der Waals surface area contributed by atoms with Crippen LogP contribution in [0.25, 0.3) is 0 Å². The molecule has 0 spiro atoms. The topological polar surface area (TPSA) is 94.5 Å². The van der Waals surface area contributed by atoms with Gasteiger partial charge < -0.3 is 29.0 Å². The predicted octanol–water partition coefficient (Wildman–Crippen LogP) is 5.07. The number of rotatable bonds is 13. The van der Waals surface area contributed by atoms with Gasteiger partial charge in [-0.2, -0.15) is 0 Å². The molecule has 2 aliphatic rings. The summed E-state index contributed by atoms with van der Waals surface area (Å²) >= 11 is 1.11. The van der Waals surface area contributed by atoms with Gasteiger partial charge in [0.2, 0.25) is 6.79 Å². The summed E-state index contributed by atoms with van der Waals surface area (Å²) in [5.41, 5.74) is 0.204. The van der Waals surface area contributed by atoms with Crippen LogP contribution in [0.4, 0.5) is 0 Å². The molecule has 1 N–H and O–H groups in total. The van der Waals surface area contributed by atoms with Crippen molar-refractivity contribution in [2.24, 2.45) is 5.92 Å². The maximum absolute atomic E-state index is 13.8. The molecule has 9 heteroatoms. The maximum Gasteiger partial charge on any atom is 0.339 e. The van der Waals surface area contributed by atoms with Gasteiger partial charge in [-0.05, 0) is 80.2 Å². The highest BCUT2D eigenvalue weighted by Gasteiger charge is 2.44. The van der Waals surface area contributed by atoms with E-state index in [-0.39, 0.29) is 36.6 Å². The number of aliphatic hydroxyl groups is 1. The lowest BCUT2D eigenvalue weighted by Crippen LogP contribution is -2.46. The Labute approximate surface area is 237 Å². The minimum Gasteiger partial charge on any atom is -0.497 e. The number of carbonyl (C=O) groups is 2. The fraction of sp³-hybridized carbons (Fsp3) is 0.667. The first-order valence-corrected chi connectivity index (χ1v) is 15.1. The maximum atomic E-state index is 13.8. The number of fused-ring (bicyclic) bond motifs is 2. The second-order valence-electron chi connectivity index (χ2n) is 10.7. The lowest BCUT2D eigenvalue weighted by Gasteiger charge is -2.34. The summed E-state index contributed by atoms with van der Waals surface area (Å²) in [6, 6.07) is 4.02. The number of benzene rings is 1. The van der Waals surface area contributed by atoms with Crippen LogP contribution in [-0.2, 0) is 25.5 Å². The molecule has 2 heterocycles. The van der Waals surface area contributed by atoms with Crippen molar-refractivity contribution >= 4 is 22.8 Å². The quantitative estimate of drug-likeness (QED) is 0.261. The third-order valence-electron chi connectivity index (χ3n) is 7.38. The van der Waals surface area contributed by atoms with Crippen LogP contribution in [0.1, 0.15) is 77.3 Å². The highest BCUT2D eigenvalue weighted by molar-refractivity contribution is 8.13. The molecule has 3 atom stereocenters. The molecule has 0 bridgehead atoms. The normalized spacial score (nSPS) is 19.7. The average molecular weight is 564 g/mol. The summed E-state index contributed by atoms with van der Waals surface area (Å²) in [6.45, 7) is 12.5. The fourth-order valence-electron chi connectivity index (χ4n) is 5.29. The Morgan fingerprint density at radius 3 is 2.59 bits per heavy atom. The molecule has 0 aliphatic carbocycles. The molecule has 0 radical (unpaired) electrons. The summed E-state index contributed by atoms with van der Waals surface area (Å²) in [7, 11) is 1.56. The lowest BCUT2D eigenvalue weighted by molar-refractivity contribution is -0.174. The average Bonchev–Trinajstić information content (AvgIpc) is 3.28. The van der Waals surface area contributed by atoms with Crippen molar-refractivity contribution in [2.45, 2.75) is 84.3 Å². The number of methoxy groups -OCH3 is 1. The molecule has 0 saturated carbocycles. The summed E-state index contributed by atoms with van der Waals surface area (Å²) in [5, 5.41) is 11.4. The molecule has 218 valence electrons. The van der Waals surface area contributed by atoms with Gasteiger partial charge in [0.15, 0.2) is 28.3 Å². The number of hydrogen-bond acceptors (Lipinski definition) is 9. The number of nitrogens with zero attached hydrogens (tertiary/aromatic N) is 1. The highest BCUT2D eigenvalue weighted by atomic mass is 32.2. The molecule has 0 amide bonds. The van der Waals surface area contributed by atoms with Crippen LogP contribution < -0.4 is 9.47 Å². The third kappa shape index (κ3) is 7.92. The van der Waals surface area contributed by atoms with Gasteiger partial charge in [0.1, 0.15) is 5.76 Å². The van der Waals surface area contributed by atoms with Gasteiger partial charge in [0, 0.05) is 19.0 Å². The fourth-order valence-corrected chi connectivity index (χ4v) is 5.95. The minimum atomic E-state index is -1.92. The molecule has 8 nitrogen and oxygen atoms in total. The van der Waals surface area contributed by atoms with E-state index in [9.17, 15) is 14.7 Å². The van der Waals surface area contributed by atoms with E-state index >= 15 is 0 Å². The van der Waals surface area contributed by atoms with Crippen molar-refractivity contribution in [1.29, 1.82) is 0 Å². The molecule has 1 aromatic rings. The SMILES string of the molecule is C/C=C(/OC)C(OC(=O)[C@@](O)(CCC(C)C)CC(=O)SCC)C1CN(CCC)CCc2cc3c(cc21)OCO3. The smallest absolute Gasteiger partial charge is 0.339 e. The largest absolute Gasteiger partial charge is 0.497 e. The Kier molecular flexibility index (Phi) is 11.6. The zero-order valence-corrected chi connectivity index (χ0v) is 25.1. The molecular weight excluding hydrogens is 518 g/mol. The van der Waals surface area contributed by atoms with Crippen LogP contribution in [0.3, 0.4) is 0 Å². The number of hydrogen-bond donors (Lipinski definition) is 1. The Hall–Kier alpha value is -2.23. The van der Waals surface area contributed by atoms with Crippen LogP contribution in [0.5, 0.6) is 11.5 Å². The number of esters is 1. The highest BCUT2D eigenvalue weighted by Crippen LogP contribution is 2.42. The first kappa shape index (κ1) is 31.3. The van der Waals surface area contributed by atoms with Crippen molar-refractivity contribution in [3.05, 3.63) is 35.1 Å². The van der Waals surface area contributed by atoms with Crippen LogP contribution in [-0.4, -0.2) is 72.1 Å². The van der Waals surface area contributed by atoms with Crippen molar-refractivity contribution < 1.29 is 33.6 Å². The van der Waals surface area contributed by atoms with Crippen molar-refractivity contribution in [2.75, 3.05) is 39.3 Å². The summed E-state index contributed by atoms with van der Waals surface area (Å²) in [6.07, 6.45) is 3.25. The molecule has 0 aromatic heterocycles. The zero-order valence-electron chi connectivity index (χ0n) is 24.3. The van der Waals surface area contributed by atoms with Gasteiger partial charge in [0.05, 0.1) is 13.5 Å². The number of thioether (sulfide) groups is 1. The second-order valence-corrected chi connectivity index (χ2v) is 12.0. The third-order valence-corrected chi connectivity index (χ3v) is 8.14. The Balaban J connectivity index is 2.03. The van der Waals surface area contributed by atoms with Crippen LogP contribution in [0, 0.1) is 5.92 Å². The molecule has 2 aliphatic heterocycles. The first-order valence-electron chi connectivity index (χ1n) is 14.1. The first-order chi connectivity index (χ1) is 18.6. The van der Waals surface area contributed by atoms with E-state index in [0.717, 1.165) is 54.6 Å². The Bertz CT molecular complexity index is 1030. The summed E-state index contributed by atoms with van der Waals surface area (Å²) < 4.78 is 23.3. The van der Waals surface area contributed by atoms with Crippen LogP contribution >= 0.6 is 11.8 Å². The van der Waals surface area contributed by atoms with E-state index in [1.807, 2.05) is 39.8 Å². The molecule has 1 aromatic carbocycles. The molecule has 0 fully saturated rings. The number of carbonyl (C=O) groups excluding carboxylic acids is 2. The van der Waals surface area contributed by atoms with E-state index in [0.29, 0.717) is 30.2 Å². The monoisotopic (exact) mass is 563 g/mol. The standard InChI is InChI=1S/C30H45NO7S/c1-7-13-31-14-11-21-15-25-26(37-19-36-25)16-22(21)23(18-31)28(24(8-2)35-6)38-29(33)30(34,12-10-20(4)5)17-27(32)39-9-3/h8,15-16,20,23,28,34H,7,9-14,17-19H2,1-6H3/b24-8+/t23?,28?,30-/m1/s1. The summed E-state index contributed by atoms with van der Waals surface area (Å²) in [5.74, 6) is 1.64. The van der Waals surface area contributed by atoms with Crippen LogP contribution in [0.2, 0.25) is 0 Å². The Morgan fingerprint density at radius 1 is 1.26 bits per heavy atom. The van der Waals surface area contributed by atoms with Gasteiger partial charge in [-0.25, -0.2) is 4.79 Å². The molecule has 0 saturated heterocycles. The van der Waals surface area contributed by atoms with Crippen molar-refractivity contribution in [3.8, 4) is 11.5 Å². The van der Waals surface area contributed by atoms with Gasteiger partial charge >= 0.3 is 5.97 Å². The minimum absolute atomic E-state index is 0.145.